The van der Waals surface area contributed by atoms with Crippen molar-refractivity contribution in [3.05, 3.63) is 64.9 Å². The average molecular weight is 341 g/mol. The summed E-state index contributed by atoms with van der Waals surface area (Å²) in [5.74, 6) is 0.721. The van der Waals surface area contributed by atoms with E-state index in [1.165, 1.54) is 23.1 Å². The Labute approximate surface area is 142 Å². The summed E-state index contributed by atoms with van der Waals surface area (Å²) in [7, 11) is 0. The number of benzene rings is 1. The smallest absolute Gasteiger partial charge is 0.270 e. The number of nitro groups is 1. The first-order chi connectivity index (χ1) is 12.0. The van der Waals surface area contributed by atoms with Crippen LogP contribution in [0.1, 0.15) is 18.7 Å². The lowest BCUT2D eigenvalue weighted by molar-refractivity contribution is -0.384. The molecule has 0 aliphatic carbocycles. The van der Waals surface area contributed by atoms with Crippen molar-refractivity contribution in [2.75, 3.05) is 0 Å². The van der Waals surface area contributed by atoms with Crippen LogP contribution in [0.3, 0.4) is 0 Å². The van der Waals surface area contributed by atoms with E-state index in [4.69, 9.17) is 4.42 Å². The molecule has 0 saturated heterocycles. The molecule has 1 amide bonds. The Hall–Kier alpha value is -3.49. The van der Waals surface area contributed by atoms with Crippen molar-refractivity contribution < 1.29 is 14.1 Å². The average Bonchev–Trinajstić information content (AvgIpc) is 3.26. The molecule has 0 aliphatic rings. The Balaban J connectivity index is 1.66. The SMILES string of the molecule is C[C@H](NC(=O)Cn1cnc(-c2cccc([N+](=O)[O-])c2)n1)c1ccco1. The van der Waals surface area contributed by atoms with Gasteiger partial charge in [0.05, 0.1) is 17.2 Å². The van der Waals surface area contributed by atoms with Crippen LogP contribution in [0.15, 0.2) is 53.4 Å². The third kappa shape index (κ3) is 3.89. The molecule has 25 heavy (non-hydrogen) atoms. The lowest BCUT2D eigenvalue weighted by Crippen LogP contribution is -2.30. The molecule has 3 aromatic rings. The van der Waals surface area contributed by atoms with E-state index < -0.39 is 4.92 Å². The molecule has 2 aromatic heterocycles. The second-order valence-corrected chi connectivity index (χ2v) is 5.38. The van der Waals surface area contributed by atoms with Crippen LogP contribution in [0, 0.1) is 10.1 Å². The van der Waals surface area contributed by atoms with Gasteiger partial charge in [-0.25, -0.2) is 9.67 Å². The van der Waals surface area contributed by atoms with Gasteiger partial charge >= 0.3 is 0 Å². The maximum atomic E-state index is 12.1. The quantitative estimate of drug-likeness (QED) is 0.543. The van der Waals surface area contributed by atoms with Crippen LogP contribution in [-0.4, -0.2) is 25.6 Å². The molecule has 1 N–H and O–H groups in total. The Bertz CT molecular complexity index is 888. The summed E-state index contributed by atoms with van der Waals surface area (Å²) < 4.78 is 6.61. The third-order valence-corrected chi connectivity index (χ3v) is 3.50. The van der Waals surface area contributed by atoms with E-state index >= 15 is 0 Å². The van der Waals surface area contributed by atoms with E-state index in [1.807, 2.05) is 6.92 Å². The Morgan fingerprint density at radius 1 is 1.40 bits per heavy atom. The first-order valence-electron chi connectivity index (χ1n) is 7.50. The van der Waals surface area contributed by atoms with Crippen LogP contribution < -0.4 is 5.32 Å². The highest BCUT2D eigenvalue weighted by Gasteiger charge is 2.14. The molecule has 9 heteroatoms. The number of furan rings is 1. The van der Waals surface area contributed by atoms with Gasteiger partial charge < -0.3 is 9.73 Å². The van der Waals surface area contributed by atoms with Gasteiger partial charge in [0.2, 0.25) is 5.91 Å². The number of nitrogens with one attached hydrogen (secondary N) is 1. The fourth-order valence-electron chi connectivity index (χ4n) is 2.30. The van der Waals surface area contributed by atoms with Gasteiger partial charge in [-0.3, -0.25) is 14.9 Å². The van der Waals surface area contributed by atoms with Crippen LogP contribution in [0.5, 0.6) is 0 Å². The van der Waals surface area contributed by atoms with E-state index in [0.29, 0.717) is 17.1 Å². The van der Waals surface area contributed by atoms with Crippen LogP contribution in [0.4, 0.5) is 5.69 Å². The monoisotopic (exact) mass is 341 g/mol. The molecule has 128 valence electrons. The highest BCUT2D eigenvalue weighted by atomic mass is 16.6. The van der Waals surface area contributed by atoms with Crippen molar-refractivity contribution in [2.45, 2.75) is 19.5 Å². The van der Waals surface area contributed by atoms with E-state index in [9.17, 15) is 14.9 Å². The molecule has 2 heterocycles. The van der Waals surface area contributed by atoms with Gasteiger partial charge in [0.25, 0.3) is 5.69 Å². The van der Waals surface area contributed by atoms with E-state index in [2.05, 4.69) is 15.4 Å². The summed E-state index contributed by atoms with van der Waals surface area (Å²) in [6.07, 6.45) is 2.95. The van der Waals surface area contributed by atoms with Gasteiger partial charge in [0, 0.05) is 17.7 Å². The number of aromatic nitrogens is 3. The van der Waals surface area contributed by atoms with Crippen molar-refractivity contribution in [3.8, 4) is 11.4 Å². The van der Waals surface area contributed by atoms with Crippen molar-refractivity contribution >= 4 is 11.6 Å². The highest BCUT2D eigenvalue weighted by molar-refractivity contribution is 5.76. The summed E-state index contributed by atoms with van der Waals surface area (Å²) in [4.78, 5) is 26.5. The summed E-state index contributed by atoms with van der Waals surface area (Å²) in [5, 5.41) is 17.8. The number of carbonyl (C=O) groups excluding carboxylic acids is 1. The Kier molecular flexibility index (Phi) is 4.55. The number of rotatable bonds is 6. The zero-order valence-corrected chi connectivity index (χ0v) is 13.3. The molecule has 0 aliphatic heterocycles. The number of hydrogen-bond acceptors (Lipinski definition) is 6. The zero-order chi connectivity index (χ0) is 17.8. The van der Waals surface area contributed by atoms with Crippen LogP contribution in [0.2, 0.25) is 0 Å². The molecule has 0 saturated carbocycles. The lowest BCUT2D eigenvalue weighted by atomic mass is 10.2. The summed E-state index contributed by atoms with van der Waals surface area (Å²) in [6.45, 7) is 1.79. The topological polar surface area (TPSA) is 116 Å². The number of nitrogens with zero attached hydrogens (tertiary/aromatic N) is 4. The fraction of sp³-hybridized carbons (Fsp3) is 0.188. The highest BCUT2D eigenvalue weighted by Crippen LogP contribution is 2.20. The summed E-state index contributed by atoms with van der Waals surface area (Å²) >= 11 is 0. The molecule has 0 unspecified atom stereocenters. The summed E-state index contributed by atoms with van der Waals surface area (Å²) in [6, 6.07) is 9.28. The van der Waals surface area contributed by atoms with E-state index in [-0.39, 0.29) is 24.2 Å². The molecular formula is C16H15N5O4. The third-order valence-electron chi connectivity index (χ3n) is 3.50. The van der Waals surface area contributed by atoms with Crippen molar-refractivity contribution in [3.63, 3.8) is 0 Å². The first kappa shape index (κ1) is 16.4. The Morgan fingerprint density at radius 2 is 2.24 bits per heavy atom. The predicted molar refractivity (Wildman–Crippen MR) is 87.4 cm³/mol. The molecule has 1 aromatic carbocycles. The Morgan fingerprint density at radius 3 is 2.96 bits per heavy atom. The fourth-order valence-corrected chi connectivity index (χ4v) is 2.30. The minimum atomic E-state index is -0.482. The van der Waals surface area contributed by atoms with Gasteiger partial charge in [-0.2, -0.15) is 5.10 Å². The molecule has 1 atom stereocenters. The van der Waals surface area contributed by atoms with Gasteiger partial charge in [-0.1, -0.05) is 12.1 Å². The van der Waals surface area contributed by atoms with Gasteiger partial charge in [-0.15, -0.1) is 0 Å². The molecule has 3 rings (SSSR count). The number of carbonyl (C=O) groups is 1. The van der Waals surface area contributed by atoms with Gasteiger partial charge in [-0.05, 0) is 19.1 Å². The minimum Gasteiger partial charge on any atom is -0.467 e. The molecule has 0 radical (unpaired) electrons. The summed E-state index contributed by atoms with van der Waals surface area (Å²) in [5.41, 5.74) is 0.469. The van der Waals surface area contributed by atoms with Crippen LogP contribution in [-0.2, 0) is 11.3 Å². The largest absolute Gasteiger partial charge is 0.467 e. The second kappa shape index (κ2) is 6.95. The second-order valence-electron chi connectivity index (χ2n) is 5.38. The van der Waals surface area contributed by atoms with Crippen molar-refractivity contribution in [2.24, 2.45) is 0 Å². The van der Waals surface area contributed by atoms with Crippen molar-refractivity contribution in [1.82, 2.24) is 20.1 Å². The number of non-ortho nitro benzene ring substituents is 1. The van der Waals surface area contributed by atoms with E-state index in [0.717, 1.165) is 0 Å². The lowest BCUT2D eigenvalue weighted by Gasteiger charge is -2.11. The predicted octanol–water partition coefficient (Wildman–Crippen LogP) is 2.32. The molecule has 0 spiro atoms. The normalized spacial score (nSPS) is 11.9. The molecule has 0 fully saturated rings. The van der Waals surface area contributed by atoms with E-state index in [1.54, 1.807) is 30.5 Å². The van der Waals surface area contributed by atoms with Gasteiger partial charge in [0.1, 0.15) is 18.6 Å². The number of nitro benzene ring substituents is 1. The number of amides is 1. The van der Waals surface area contributed by atoms with Crippen LogP contribution >= 0.6 is 0 Å². The minimum absolute atomic E-state index is 0.0209. The van der Waals surface area contributed by atoms with Gasteiger partial charge in [0.15, 0.2) is 5.82 Å². The zero-order valence-electron chi connectivity index (χ0n) is 13.3. The first-order valence-corrected chi connectivity index (χ1v) is 7.50. The standard InChI is InChI=1S/C16H15N5O4/c1-11(14-6-3-7-25-14)18-15(22)9-20-10-17-16(19-20)12-4-2-5-13(8-12)21(23)24/h2-8,10-11H,9H2,1H3,(H,18,22)/t11-/m0/s1. The molecular weight excluding hydrogens is 326 g/mol. The van der Waals surface area contributed by atoms with Crippen LogP contribution in [0.25, 0.3) is 11.4 Å². The molecule has 9 nitrogen and oxygen atoms in total. The maximum absolute atomic E-state index is 12.1. The molecule has 0 bridgehead atoms. The number of hydrogen-bond donors (Lipinski definition) is 1. The van der Waals surface area contributed by atoms with Crippen molar-refractivity contribution in [1.29, 1.82) is 0 Å². The maximum Gasteiger partial charge on any atom is 0.270 e.